The molecule has 3 aromatic rings. The van der Waals surface area contributed by atoms with Gasteiger partial charge in [-0.2, -0.15) is 0 Å². The predicted molar refractivity (Wildman–Crippen MR) is 97.6 cm³/mol. The van der Waals surface area contributed by atoms with Crippen LogP contribution in [0, 0.1) is 12.8 Å². The van der Waals surface area contributed by atoms with Crippen LogP contribution < -0.4 is 0 Å². The lowest BCUT2D eigenvalue weighted by molar-refractivity contribution is -0.111. The van der Waals surface area contributed by atoms with E-state index in [1.54, 1.807) is 0 Å². The third-order valence-electron chi connectivity index (χ3n) is 5.06. The van der Waals surface area contributed by atoms with Gasteiger partial charge in [-0.3, -0.25) is 0 Å². The number of nitrogens with one attached hydrogen (secondary N) is 1. The van der Waals surface area contributed by atoms with Gasteiger partial charge in [-0.05, 0) is 32.4 Å². The smallest absolute Gasteiger partial charge is 0.138 e. The maximum atomic E-state index is 11.0. The van der Waals surface area contributed by atoms with Crippen molar-refractivity contribution in [2.24, 2.45) is 5.92 Å². The lowest BCUT2D eigenvalue weighted by Gasteiger charge is -2.33. The number of aryl methyl sites for hydroxylation is 1. The van der Waals surface area contributed by atoms with Crippen molar-refractivity contribution in [3.63, 3.8) is 0 Å². The molecule has 6 heteroatoms. The van der Waals surface area contributed by atoms with E-state index in [0.717, 1.165) is 72.2 Å². The maximum absolute atomic E-state index is 11.0. The summed E-state index contributed by atoms with van der Waals surface area (Å²) in [5, 5.41) is 2.21. The first kappa shape index (κ1) is 16.1. The zero-order chi connectivity index (χ0) is 17.4. The summed E-state index contributed by atoms with van der Waals surface area (Å²) >= 11 is 0. The van der Waals surface area contributed by atoms with E-state index in [4.69, 9.17) is 4.98 Å². The number of carbonyl (C=O) groups is 1. The summed E-state index contributed by atoms with van der Waals surface area (Å²) in [5.74, 6) is 1.22. The molecule has 2 unspecified atom stereocenters. The highest BCUT2D eigenvalue weighted by molar-refractivity contribution is 6.04. The molecule has 1 N–H and O–H groups in total. The van der Waals surface area contributed by atoms with Crippen LogP contribution >= 0.6 is 0 Å². The molecule has 0 aromatic carbocycles. The first-order chi connectivity index (χ1) is 12.2. The van der Waals surface area contributed by atoms with Crippen LogP contribution in [0.3, 0.4) is 0 Å². The van der Waals surface area contributed by atoms with Crippen molar-refractivity contribution in [3.05, 3.63) is 30.0 Å². The zero-order valence-electron chi connectivity index (χ0n) is 14.7. The molecular weight excluding hydrogens is 314 g/mol. The number of nitrogens with zero attached hydrogens (tertiary/aromatic N) is 4. The van der Waals surface area contributed by atoms with E-state index in [-0.39, 0.29) is 5.92 Å². The number of likely N-dealkylation sites (tertiary alicyclic amines) is 1. The van der Waals surface area contributed by atoms with Crippen LogP contribution in [-0.2, 0) is 4.79 Å². The summed E-state index contributed by atoms with van der Waals surface area (Å²) in [7, 11) is 0. The van der Waals surface area contributed by atoms with Crippen LogP contribution in [0.2, 0.25) is 0 Å². The van der Waals surface area contributed by atoms with Crippen molar-refractivity contribution in [3.8, 4) is 0 Å². The minimum absolute atomic E-state index is 0.0724. The van der Waals surface area contributed by atoms with Crippen LogP contribution in [0.5, 0.6) is 0 Å². The van der Waals surface area contributed by atoms with Gasteiger partial charge in [0.05, 0.1) is 17.4 Å². The van der Waals surface area contributed by atoms with E-state index < -0.39 is 0 Å². The molecule has 130 valence electrons. The molecule has 6 nitrogen and oxygen atoms in total. The standard InChI is InChI=1S/C19H23N5O/c1-12(11-25)9-24-7-3-4-14(10-24)18-17-15-5-6-20-19(15)21-8-16(17)22-13(2)23-18/h5-6,8,11-12,14H,3-4,7,9-10H2,1-2H3,(H,20,21). The second kappa shape index (κ2) is 6.52. The number of aromatic amines is 1. The Labute approximate surface area is 146 Å². The number of rotatable bonds is 4. The molecule has 1 saturated heterocycles. The first-order valence-electron chi connectivity index (χ1n) is 8.93. The summed E-state index contributed by atoms with van der Waals surface area (Å²) < 4.78 is 0. The Kier molecular flexibility index (Phi) is 4.21. The Hall–Kier alpha value is -2.34. The SMILES string of the molecule is Cc1nc(C2CCCN(CC(C)C=O)C2)c2c(cnc3[nH]ccc32)n1. The van der Waals surface area contributed by atoms with Gasteiger partial charge in [0.1, 0.15) is 17.8 Å². The molecular formula is C19H23N5O. The van der Waals surface area contributed by atoms with E-state index >= 15 is 0 Å². The van der Waals surface area contributed by atoms with Crippen LogP contribution in [0.1, 0.15) is 37.2 Å². The largest absolute Gasteiger partial charge is 0.346 e. The van der Waals surface area contributed by atoms with Gasteiger partial charge in [0.2, 0.25) is 0 Å². The Bertz CT molecular complexity index is 919. The molecule has 0 radical (unpaired) electrons. The van der Waals surface area contributed by atoms with Crippen molar-refractivity contribution >= 4 is 28.2 Å². The van der Waals surface area contributed by atoms with Crippen molar-refractivity contribution in [2.75, 3.05) is 19.6 Å². The van der Waals surface area contributed by atoms with Gasteiger partial charge in [0.15, 0.2) is 0 Å². The molecule has 4 heterocycles. The third-order valence-corrected chi connectivity index (χ3v) is 5.06. The van der Waals surface area contributed by atoms with Crippen molar-refractivity contribution in [1.82, 2.24) is 24.8 Å². The van der Waals surface area contributed by atoms with Crippen molar-refractivity contribution in [2.45, 2.75) is 32.6 Å². The highest BCUT2D eigenvalue weighted by atomic mass is 16.1. The van der Waals surface area contributed by atoms with E-state index in [1.807, 2.05) is 26.2 Å². The molecule has 1 fully saturated rings. The average molecular weight is 337 g/mol. The molecule has 1 aliphatic heterocycles. The number of aromatic nitrogens is 4. The quantitative estimate of drug-likeness (QED) is 0.741. The molecule has 0 spiro atoms. The summed E-state index contributed by atoms with van der Waals surface area (Å²) in [4.78, 5) is 30.5. The summed E-state index contributed by atoms with van der Waals surface area (Å²) in [6, 6.07) is 2.06. The van der Waals surface area contributed by atoms with Crippen LogP contribution in [-0.4, -0.2) is 50.8 Å². The van der Waals surface area contributed by atoms with Crippen molar-refractivity contribution in [1.29, 1.82) is 0 Å². The van der Waals surface area contributed by atoms with Crippen LogP contribution in [0.25, 0.3) is 21.9 Å². The van der Waals surface area contributed by atoms with E-state index in [2.05, 4.69) is 25.9 Å². The first-order valence-corrected chi connectivity index (χ1v) is 8.93. The molecule has 3 aromatic heterocycles. The molecule has 0 bridgehead atoms. The molecule has 0 saturated carbocycles. The average Bonchev–Trinajstić information content (AvgIpc) is 3.09. The van der Waals surface area contributed by atoms with Gasteiger partial charge in [0.25, 0.3) is 0 Å². The number of carbonyl (C=O) groups excluding carboxylic acids is 1. The summed E-state index contributed by atoms with van der Waals surface area (Å²) in [5.41, 5.74) is 2.91. The van der Waals surface area contributed by atoms with Gasteiger partial charge < -0.3 is 14.7 Å². The van der Waals surface area contributed by atoms with Gasteiger partial charge >= 0.3 is 0 Å². The van der Waals surface area contributed by atoms with Gasteiger partial charge in [-0.1, -0.05) is 6.92 Å². The molecule has 2 atom stereocenters. The number of hydrogen-bond acceptors (Lipinski definition) is 5. The molecule has 4 rings (SSSR count). The number of pyridine rings is 1. The van der Waals surface area contributed by atoms with Crippen LogP contribution in [0.15, 0.2) is 18.5 Å². The maximum Gasteiger partial charge on any atom is 0.138 e. The molecule has 0 aliphatic carbocycles. The summed E-state index contributed by atoms with van der Waals surface area (Å²) in [6.45, 7) is 6.74. The fourth-order valence-electron chi connectivity index (χ4n) is 3.97. The van der Waals surface area contributed by atoms with E-state index in [1.165, 1.54) is 0 Å². The molecule has 1 aliphatic rings. The van der Waals surface area contributed by atoms with E-state index in [9.17, 15) is 4.79 Å². The highest BCUT2D eigenvalue weighted by Crippen LogP contribution is 2.33. The Morgan fingerprint density at radius 2 is 2.32 bits per heavy atom. The second-order valence-corrected chi connectivity index (χ2v) is 7.13. The number of aldehydes is 1. The summed E-state index contributed by atoms with van der Waals surface area (Å²) in [6.07, 6.45) is 7.04. The zero-order valence-corrected chi connectivity index (χ0v) is 14.7. The Morgan fingerprint density at radius 1 is 1.44 bits per heavy atom. The number of hydrogen-bond donors (Lipinski definition) is 1. The van der Waals surface area contributed by atoms with Gasteiger partial charge in [-0.15, -0.1) is 0 Å². The van der Waals surface area contributed by atoms with Crippen LogP contribution in [0.4, 0.5) is 0 Å². The lowest BCUT2D eigenvalue weighted by Crippen LogP contribution is -2.37. The van der Waals surface area contributed by atoms with E-state index in [0.29, 0.717) is 5.92 Å². The topological polar surface area (TPSA) is 74.8 Å². The Morgan fingerprint density at radius 3 is 3.16 bits per heavy atom. The number of piperidine rings is 1. The monoisotopic (exact) mass is 337 g/mol. The minimum atomic E-state index is 0.0724. The number of fused-ring (bicyclic) bond motifs is 3. The molecule has 25 heavy (non-hydrogen) atoms. The van der Waals surface area contributed by atoms with Gasteiger partial charge in [0, 0.05) is 41.9 Å². The predicted octanol–water partition coefficient (Wildman–Crippen LogP) is 2.83. The Balaban J connectivity index is 1.77. The normalized spacial score (nSPS) is 20.2. The highest BCUT2D eigenvalue weighted by Gasteiger charge is 2.26. The molecule has 0 amide bonds. The fraction of sp³-hybridized carbons (Fsp3) is 0.474. The van der Waals surface area contributed by atoms with Gasteiger partial charge in [-0.25, -0.2) is 15.0 Å². The fourth-order valence-corrected chi connectivity index (χ4v) is 3.97. The number of H-pyrrole nitrogens is 1. The second-order valence-electron chi connectivity index (χ2n) is 7.13. The minimum Gasteiger partial charge on any atom is -0.346 e. The third kappa shape index (κ3) is 3.02. The van der Waals surface area contributed by atoms with Crippen molar-refractivity contribution < 1.29 is 4.79 Å². The lowest BCUT2D eigenvalue weighted by atomic mass is 9.91.